The van der Waals surface area contributed by atoms with Gasteiger partial charge in [0, 0.05) is 26.2 Å². The van der Waals surface area contributed by atoms with E-state index in [0.29, 0.717) is 6.61 Å². The molecule has 0 saturated carbocycles. The van der Waals surface area contributed by atoms with Crippen molar-refractivity contribution in [2.75, 3.05) is 39.8 Å². The van der Waals surface area contributed by atoms with E-state index in [9.17, 15) is 4.79 Å². The van der Waals surface area contributed by atoms with Crippen molar-refractivity contribution in [2.24, 2.45) is 0 Å². The third-order valence-corrected chi connectivity index (χ3v) is 2.19. The molecule has 1 amide bonds. The number of likely N-dealkylation sites (N-methyl/N-ethyl adjacent to an activating group) is 1. The summed E-state index contributed by atoms with van der Waals surface area (Å²) in [6.45, 7) is 10.0. The normalized spacial score (nSPS) is 16.7. The molecule has 0 radical (unpaired) electrons. The Hall–Kier alpha value is -0.770. The number of hydrogen-bond acceptors (Lipinski definition) is 3. The number of ether oxygens (including phenoxy) is 1. The predicted molar refractivity (Wildman–Crippen MR) is 62.1 cm³/mol. The minimum absolute atomic E-state index is 0.157. The summed E-state index contributed by atoms with van der Waals surface area (Å²) in [7, 11) is 2.06. The van der Waals surface area contributed by atoms with Gasteiger partial charge >= 0.3 is 6.09 Å². The summed E-state index contributed by atoms with van der Waals surface area (Å²) in [5, 5.41) is 0. The number of carbonyl (C=O) groups is 1. The molecule has 1 aliphatic rings. The molecule has 4 heteroatoms. The molecule has 0 aromatic rings. The molecule has 0 N–H and O–H groups in total. The highest BCUT2D eigenvalue weighted by Gasteiger charge is 2.19. The van der Waals surface area contributed by atoms with Crippen molar-refractivity contribution < 1.29 is 9.53 Å². The molecular weight excluding hydrogens is 192 g/mol. The lowest BCUT2D eigenvalue weighted by atomic mass is 10.3. The average Bonchev–Trinajstić information content (AvgIpc) is 2.29. The van der Waals surface area contributed by atoms with E-state index >= 15 is 0 Å². The van der Waals surface area contributed by atoms with E-state index in [1.807, 2.05) is 20.8 Å². The van der Waals surface area contributed by atoms with E-state index in [-0.39, 0.29) is 6.09 Å². The summed E-state index contributed by atoms with van der Waals surface area (Å²) in [6, 6.07) is 0. The van der Waals surface area contributed by atoms with Crippen LogP contribution in [-0.2, 0) is 4.74 Å². The maximum atomic E-state index is 11.3. The number of piperazine rings is 1. The van der Waals surface area contributed by atoms with Gasteiger partial charge in [-0.3, -0.25) is 0 Å². The molecule has 0 spiro atoms. The van der Waals surface area contributed by atoms with Crippen molar-refractivity contribution in [2.45, 2.75) is 27.2 Å². The molecule has 0 aliphatic carbocycles. The Kier molecular flexibility index (Phi) is 8.09. The van der Waals surface area contributed by atoms with Crippen LogP contribution in [-0.4, -0.2) is 55.7 Å². The summed E-state index contributed by atoms with van der Waals surface area (Å²) >= 11 is 0. The van der Waals surface area contributed by atoms with Gasteiger partial charge in [0.1, 0.15) is 0 Å². The van der Waals surface area contributed by atoms with Gasteiger partial charge in [-0.05, 0) is 13.5 Å². The second-order valence-electron chi connectivity index (χ2n) is 3.40. The minimum atomic E-state index is -0.157. The lowest BCUT2D eigenvalue weighted by molar-refractivity contribution is 0.0819. The zero-order valence-electron chi connectivity index (χ0n) is 10.5. The third-order valence-electron chi connectivity index (χ3n) is 2.19. The molecular formula is C11H24N2O2. The lowest BCUT2D eigenvalue weighted by Crippen LogP contribution is -2.47. The Morgan fingerprint density at radius 1 is 1.20 bits per heavy atom. The standard InChI is InChI=1S/C9H18N2O2.C2H6/c1-3-8-13-9(12)11-6-4-10(2)5-7-11;1-2/h3-8H2,1-2H3;1-2H3. The Morgan fingerprint density at radius 3 is 2.20 bits per heavy atom. The highest BCUT2D eigenvalue weighted by atomic mass is 16.6. The van der Waals surface area contributed by atoms with Crippen LogP contribution < -0.4 is 0 Å². The largest absolute Gasteiger partial charge is 0.449 e. The van der Waals surface area contributed by atoms with Gasteiger partial charge in [0.15, 0.2) is 0 Å². The number of hydrogen-bond donors (Lipinski definition) is 0. The number of carbonyl (C=O) groups excluding carboxylic acids is 1. The van der Waals surface area contributed by atoms with Crippen LogP contribution in [0.5, 0.6) is 0 Å². The zero-order chi connectivity index (χ0) is 11.7. The molecule has 1 saturated heterocycles. The van der Waals surface area contributed by atoms with Crippen LogP contribution in [0.3, 0.4) is 0 Å². The number of amides is 1. The van der Waals surface area contributed by atoms with E-state index in [2.05, 4.69) is 11.9 Å². The molecule has 15 heavy (non-hydrogen) atoms. The van der Waals surface area contributed by atoms with Crippen molar-refractivity contribution in [3.05, 3.63) is 0 Å². The van der Waals surface area contributed by atoms with Gasteiger partial charge in [0.05, 0.1) is 6.61 Å². The van der Waals surface area contributed by atoms with Gasteiger partial charge in [0.25, 0.3) is 0 Å². The molecule has 4 nitrogen and oxygen atoms in total. The van der Waals surface area contributed by atoms with Gasteiger partial charge in [-0.25, -0.2) is 4.79 Å². The van der Waals surface area contributed by atoms with E-state index < -0.39 is 0 Å². The second kappa shape index (κ2) is 8.53. The quantitative estimate of drug-likeness (QED) is 0.705. The van der Waals surface area contributed by atoms with Gasteiger partial charge in [0.2, 0.25) is 0 Å². The van der Waals surface area contributed by atoms with Crippen LogP contribution in [0.4, 0.5) is 4.79 Å². The predicted octanol–water partition coefficient (Wildman–Crippen LogP) is 1.81. The molecule has 0 aromatic heterocycles. The highest BCUT2D eigenvalue weighted by molar-refractivity contribution is 5.67. The molecule has 90 valence electrons. The van der Waals surface area contributed by atoms with E-state index in [1.165, 1.54) is 0 Å². The summed E-state index contributed by atoms with van der Waals surface area (Å²) in [5.41, 5.74) is 0. The fourth-order valence-electron chi connectivity index (χ4n) is 1.27. The number of rotatable bonds is 2. The van der Waals surface area contributed by atoms with Crippen molar-refractivity contribution >= 4 is 6.09 Å². The Morgan fingerprint density at radius 2 is 1.73 bits per heavy atom. The molecule has 1 aliphatic heterocycles. The van der Waals surface area contributed by atoms with Crippen LogP contribution in [0.1, 0.15) is 27.2 Å². The molecule has 0 aromatic carbocycles. The fraction of sp³-hybridized carbons (Fsp3) is 0.909. The van der Waals surface area contributed by atoms with Crippen LogP contribution in [0, 0.1) is 0 Å². The molecule has 0 bridgehead atoms. The van der Waals surface area contributed by atoms with Crippen molar-refractivity contribution in [1.29, 1.82) is 0 Å². The minimum Gasteiger partial charge on any atom is -0.449 e. The topological polar surface area (TPSA) is 32.8 Å². The van der Waals surface area contributed by atoms with Crippen LogP contribution >= 0.6 is 0 Å². The van der Waals surface area contributed by atoms with Gasteiger partial charge in [-0.15, -0.1) is 0 Å². The third kappa shape index (κ3) is 5.62. The second-order valence-corrected chi connectivity index (χ2v) is 3.40. The van der Waals surface area contributed by atoms with Crippen LogP contribution in [0.25, 0.3) is 0 Å². The molecule has 1 fully saturated rings. The molecule has 0 unspecified atom stereocenters. The van der Waals surface area contributed by atoms with E-state index in [4.69, 9.17) is 4.74 Å². The first-order chi connectivity index (χ1) is 7.24. The van der Waals surface area contributed by atoms with Crippen molar-refractivity contribution in [3.8, 4) is 0 Å². The fourth-order valence-corrected chi connectivity index (χ4v) is 1.27. The first kappa shape index (κ1) is 14.2. The Labute approximate surface area is 93.2 Å². The number of nitrogens with zero attached hydrogens (tertiary/aromatic N) is 2. The summed E-state index contributed by atoms with van der Waals surface area (Å²) in [6.07, 6.45) is 0.731. The zero-order valence-corrected chi connectivity index (χ0v) is 10.5. The van der Waals surface area contributed by atoms with E-state index in [1.54, 1.807) is 4.90 Å². The van der Waals surface area contributed by atoms with Gasteiger partial charge in [-0.1, -0.05) is 20.8 Å². The van der Waals surface area contributed by atoms with Gasteiger partial charge < -0.3 is 14.5 Å². The molecule has 0 atom stereocenters. The summed E-state index contributed by atoms with van der Waals surface area (Å²) in [5.74, 6) is 0. The van der Waals surface area contributed by atoms with Crippen LogP contribution in [0.15, 0.2) is 0 Å². The lowest BCUT2D eigenvalue weighted by Gasteiger charge is -2.31. The molecule has 1 rings (SSSR count). The van der Waals surface area contributed by atoms with Crippen molar-refractivity contribution in [1.82, 2.24) is 9.80 Å². The average molecular weight is 216 g/mol. The highest BCUT2D eigenvalue weighted by Crippen LogP contribution is 2.01. The SMILES string of the molecule is CC.CCCOC(=O)N1CCN(C)CC1. The van der Waals surface area contributed by atoms with Crippen LogP contribution in [0.2, 0.25) is 0 Å². The maximum absolute atomic E-state index is 11.3. The smallest absolute Gasteiger partial charge is 0.409 e. The molecule has 1 heterocycles. The summed E-state index contributed by atoms with van der Waals surface area (Å²) < 4.78 is 5.03. The van der Waals surface area contributed by atoms with Gasteiger partial charge in [-0.2, -0.15) is 0 Å². The Balaban J connectivity index is 0.000000921. The summed E-state index contributed by atoms with van der Waals surface area (Å²) in [4.78, 5) is 15.3. The van der Waals surface area contributed by atoms with E-state index in [0.717, 1.165) is 32.6 Å². The maximum Gasteiger partial charge on any atom is 0.409 e. The Bertz CT molecular complexity index is 166. The first-order valence-electron chi connectivity index (χ1n) is 5.84. The first-order valence-corrected chi connectivity index (χ1v) is 5.84. The van der Waals surface area contributed by atoms with Crippen molar-refractivity contribution in [3.63, 3.8) is 0 Å². The monoisotopic (exact) mass is 216 g/mol.